The van der Waals surface area contributed by atoms with E-state index in [2.05, 4.69) is 0 Å². The SMILES string of the molecule is CCC(=O)O[C@]1(C(=O)SC)[C@@H](C)C[C@H]2[C@@H]3C[C@H](F)C4=CC(=O)C=C[C@]4(C)C3(F)[C@@H](O)C[C@@]21C. The van der Waals surface area contributed by atoms with Crippen molar-refractivity contribution >= 4 is 28.6 Å². The van der Waals surface area contributed by atoms with E-state index in [0.717, 1.165) is 17.8 Å². The van der Waals surface area contributed by atoms with Crippen molar-refractivity contribution in [1.82, 2.24) is 0 Å². The highest BCUT2D eigenvalue weighted by atomic mass is 32.2. The Morgan fingerprint density at radius 2 is 1.94 bits per heavy atom. The van der Waals surface area contributed by atoms with E-state index in [0.29, 0.717) is 6.42 Å². The Morgan fingerprint density at radius 3 is 2.55 bits per heavy atom. The molecule has 0 radical (unpaired) electrons. The van der Waals surface area contributed by atoms with Crippen molar-refractivity contribution in [1.29, 1.82) is 0 Å². The second kappa shape index (κ2) is 7.74. The maximum atomic E-state index is 17.2. The van der Waals surface area contributed by atoms with E-state index in [4.69, 9.17) is 4.74 Å². The van der Waals surface area contributed by atoms with Gasteiger partial charge in [0.1, 0.15) is 6.17 Å². The molecule has 0 aromatic rings. The van der Waals surface area contributed by atoms with Crippen LogP contribution in [0.2, 0.25) is 0 Å². The molecule has 9 atom stereocenters. The second-order valence-corrected chi connectivity index (χ2v) is 11.3. The minimum atomic E-state index is -2.23. The maximum Gasteiger partial charge on any atom is 0.306 e. The maximum absolute atomic E-state index is 17.2. The number of ether oxygens (including phenoxy) is 1. The molecule has 1 unspecified atom stereocenters. The summed E-state index contributed by atoms with van der Waals surface area (Å²) in [4.78, 5) is 37.8. The molecule has 4 aliphatic carbocycles. The number of rotatable bonds is 3. The Morgan fingerprint density at radius 1 is 1.27 bits per heavy atom. The third-order valence-corrected chi connectivity index (χ3v) is 9.89. The first-order valence-electron chi connectivity index (χ1n) is 11.6. The molecule has 0 aromatic carbocycles. The molecule has 0 spiro atoms. The molecule has 0 heterocycles. The molecular weight excluding hydrogens is 450 g/mol. The summed E-state index contributed by atoms with van der Waals surface area (Å²) >= 11 is 0.956. The van der Waals surface area contributed by atoms with E-state index in [1.54, 1.807) is 27.0 Å². The molecule has 182 valence electrons. The minimum absolute atomic E-state index is 0.0614. The second-order valence-electron chi connectivity index (χ2n) is 10.6. The quantitative estimate of drug-likeness (QED) is 0.610. The number of fused-ring (bicyclic) bond motifs is 5. The number of aliphatic hydroxyl groups excluding tert-OH is 1. The molecule has 4 aliphatic rings. The smallest absolute Gasteiger partial charge is 0.306 e. The Kier molecular flexibility index (Phi) is 5.76. The van der Waals surface area contributed by atoms with E-state index in [1.165, 1.54) is 12.2 Å². The lowest BCUT2D eigenvalue weighted by Gasteiger charge is -2.63. The van der Waals surface area contributed by atoms with Crippen molar-refractivity contribution in [2.24, 2.45) is 28.6 Å². The number of ketones is 1. The van der Waals surface area contributed by atoms with Gasteiger partial charge in [0, 0.05) is 29.1 Å². The van der Waals surface area contributed by atoms with Gasteiger partial charge in [0.25, 0.3) is 0 Å². The molecule has 3 fully saturated rings. The third-order valence-electron chi connectivity index (χ3n) is 9.22. The van der Waals surface area contributed by atoms with Gasteiger partial charge in [0.15, 0.2) is 17.1 Å². The van der Waals surface area contributed by atoms with Crippen LogP contribution < -0.4 is 0 Å². The van der Waals surface area contributed by atoms with Crippen LogP contribution in [-0.2, 0) is 19.1 Å². The van der Waals surface area contributed by atoms with Gasteiger partial charge in [-0.15, -0.1) is 0 Å². The first-order valence-corrected chi connectivity index (χ1v) is 12.8. The number of alkyl halides is 2. The van der Waals surface area contributed by atoms with Crippen LogP contribution in [-0.4, -0.2) is 51.8 Å². The van der Waals surface area contributed by atoms with Crippen LogP contribution in [0.4, 0.5) is 8.78 Å². The highest BCUT2D eigenvalue weighted by molar-refractivity contribution is 8.13. The fourth-order valence-electron chi connectivity index (χ4n) is 7.62. The standard InChI is InChI=1S/C25H32F2O5S/c1-6-20(30)32-25(21(31)33-5)13(2)9-15-16-11-18(26)17-10-14(28)7-8-22(17,3)24(16,27)19(29)12-23(15,25)4/h7-8,10,13,15-16,18-19,29H,6,9,11-12H2,1-5H3/t13-,15-,16-,18-,19-,22-,23-,24?,25-/m0/s1. The Bertz CT molecular complexity index is 964. The number of esters is 1. The summed E-state index contributed by atoms with van der Waals surface area (Å²) in [6.45, 7) is 6.78. The lowest BCUT2D eigenvalue weighted by atomic mass is 9.44. The molecule has 0 amide bonds. The zero-order valence-corrected chi connectivity index (χ0v) is 20.5. The third kappa shape index (κ3) is 2.89. The van der Waals surface area contributed by atoms with Crippen LogP contribution in [0.1, 0.15) is 53.4 Å². The molecule has 3 saturated carbocycles. The number of hydrogen-bond acceptors (Lipinski definition) is 6. The Balaban J connectivity index is 1.88. The van der Waals surface area contributed by atoms with Crippen LogP contribution in [0.3, 0.4) is 0 Å². The highest BCUT2D eigenvalue weighted by Crippen LogP contribution is 2.72. The molecule has 8 heteroatoms. The summed E-state index contributed by atoms with van der Waals surface area (Å²) < 4.78 is 38.6. The van der Waals surface area contributed by atoms with Gasteiger partial charge in [-0.3, -0.25) is 14.4 Å². The molecule has 0 aromatic heterocycles. The zero-order chi connectivity index (χ0) is 24.6. The molecule has 0 aliphatic heterocycles. The largest absolute Gasteiger partial charge is 0.449 e. The first-order chi connectivity index (χ1) is 15.3. The molecule has 5 nitrogen and oxygen atoms in total. The Labute approximate surface area is 197 Å². The highest BCUT2D eigenvalue weighted by Gasteiger charge is 2.78. The normalized spacial score (nSPS) is 48.4. The number of halogens is 2. The van der Waals surface area contributed by atoms with Crippen molar-refractivity contribution in [2.75, 3.05) is 6.26 Å². The lowest BCUT2D eigenvalue weighted by molar-refractivity contribution is -0.228. The lowest BCUT2D eigenvalue weighted by Crippen LogP contribution is -2.70. The van der Waals surface area contributed by atoms with Gasteiger partial charge in [-0.2, -0.15) is 0 Å². The van der Waals surface area contributed by atoms with Gasteiger partial charge < -0.3 is 9.84 Å². The van der Waals surface area contributed by atoms with Gasteiger partial charge in [-0.1, -0.05) is 38.6 Å². The number of carbonyl (C=O) groups is 3. The van der Waals surface area contributed by atoms with E-state index < -0.39 is 63.9 Å². The van der Waals surface area contributed by atoms with Crippen molar-refractivity contribution in [3.05, 3.63) is 23.8 Å². The number of carbonyl (C=O) groups excluding carboxylic acids is 3. The monoisotopic (exact) mass is 482 g/mol. The van der Waals surface area contributed by atoms with Crippen LogP contribution in [0.15, 0.2) is 23.8 Å². The summed E-state index contributed by atoms with van der Waals surface area (Å²) in [7, 11) is 0. The number of hydrogen-bond donors (Lipinski definition) is 1. The van der Waals surface area contributed by atoms with E-state index >= 15 is 8.78 Å². The molecule has 33 heavy (non-hydrogen) atoms. The van der Waals surface area contributed by atoms with Crippen molar-refractivity contribution < 1.29 is 33.0 Å². The Hall–Kier alpha value is -1.54. The van der Waals surface area contributed by atoms with Crippen LogP contribution >= 0.6 is 11.8 Å². The first kappa shape index (κ1) is 24.6. The molecule has 0 bridgehead atoms. The predicted octanol–water partition coefficient (Wildman–Crippen LogP) is 4.13. The van der Waals surface area contributed by atoms with Gasteiger partial charge >= 0.3 is 5.97 Å². The number of thioether (sulfide) groups is 1. The van der Waals surface area contributed by atoms with Crippen LogP contribution in [0, 0.1) is 28.6 Å². The summed E-state index contributed by atoms with van der Waals surface area (Å²) in [6.07, 6.45) is 2.45. The van der Waals surface area contributed by atoms with E-state index in [9.17, 15) is 19.5 Å². The fraction of sp³-hybridized carbons (Fsp3) is 0.720. The van der Waals surface area contributed by atoms with Crippen LogP contribution in [0.25, 0.3) is 0 Å². The van der Waals surface area contributed by atoms with Crippen molar-refractivity contribution in [3.8, 4) is 0 Å². The topological polar surface area (TPSA) is 80.7 Å². The van der Waals surface area contributed by atoms with Gasteiger partial charge in [-0.05, 0) is 56.1 Å². The van der Waals surface area contributed by atoms with Gasteiger partial charge in [0.2, 0.25) is 5.12 Å². The fourth-order valence-corrected chi connectivity index (χ4v) is 8.40. The van der Waals surface area contributed by atoms with Crippen LogP contribution in [0.5, 0.6) is 0 Å². The summed E-state index contributed by atoms with van der Waals surface area (Å²) in [5, 5.41) is 11.1. The molecule has 0 saturated heterocycles. The summed E-state index contributed by atoms with van der Waals surface area (Å²) in [5.74, 6) is -2.77. The average Bonchev–Trinajstić information content (AvgIpc) is 2.98. The predicted molar refractivity (Wildman–Crippen MR) is 121 cm³/mol. The number of aliphatic hydroxyl groups is 1. The zero-order valence-electron chi connectivity index (χ0n) is 19.7. The minimum Gasteiger partial charge on any atom is -0.449 e. The summed E-state index contributed by atoms with van der Waals surface area (Å²) in [5.41, 5.74) is -6.25. The van der Waals surface area contributed by atoms with Crippen molar-refractivity contribution in [3.63, 3.8) is 0 Å². The molecule has 4 rings (SSSR count). The molecular formula is C25H32F2O5S. The van der Waals surface area contributed by atoms with Gasteiger partial charge in [0.05, 0.1) is 6.10 Å². The van der Waals surface area contributed by atoms with E-state index in [-0.39, 0.29) is 30.0 Å². The summed E-state index contributed by atoms with van der Waals surface area (Å²) in [6, 6.07) is 0. The van der Waals surface area contributed by atoms with E-state index in [1.807, 2.05) is 6.92 Å². The number of allylic oxidation sites excluding steroid dienone is 4. The average molecular weight is 483 g/mol. The van der Waals surface area contributed by atoms with Gasteiger partial charge in [-0.25, -0.2) is 8.78 Å². The molecule has 1 N–H and O–H groups in total. The van der Waals surface area contributed by atoms with Crippen molar-refractivity contribution in [2.45, 2.75) is 76.9 Å².